The summed E-state index contributed by atoms with van der Waals surface area (Å²) in [5, 5.41) is 1.36. The van der Waals surface area contributed by atoms with Gasteiger partial charge in [0.1, 0.15) is 0 Å². The Labute approximate surface area is 84.1 Å². The molecule has 14 heavy (non-hydrogen) atoms. The van der Waals surface area contributed by atoms with E-state index < -0.39 is 0 Å². The summed E-state index contributed by atoms with van der Waals surface area (Å²) in [6, 6.07) is 9.01. The van der Waals surface area contributed by atoms with Crippen molar-refractivity contribution >= 4 is 10.9 Å². The van der Waals surface area contributed by atoms with Crippen LogP contribution in [-0.2, 0) is 0 Å². The highest BCUT2D eigenvalue weighted by Crippen LogP contribution is 2.34. The lowest BCUT2D eigenvalue weighted by Gasteiger charge is -2.08. The molecule has 1 nitrogen and oxygen atoms in total. The number of benzene rings is 1. The number of nitrogens with one attached hydrogen (secondary N) is 1. The van der Waals surface area contributed by atoms with Crippen LogP contribution in [0, 0.1) is 0 Å². The Kier molecular flexibility index (Phi) is 1.83. The number of aromatic amines is 1. The van der Waals surface area contributed by atoms with E-state index in [2.05, 4.69) is 29.2 Å². The first-order chi connectivity index (χ1) is 6.93. The molecule has 0 aliphatic heterocycles. The Morgan fingerprint density at radius 2 is 1.93 bits per heavy atom. The summed E-state index contributed by atoms with van der Waals surface area (Å²) in [6.07, 6.45) is 7.61. The van der Waals surface area contributed by atoms with Crippen molar-refractivity contribution in [2.45, 2.75) is 31.6 Å². The average Bonchev–Trinajstić information content (AvgIpc) is 2.88. The van der Waals surface area contributed by atoms with E-state index in [0.717, 1.165) is 5.92 Å². The van der Waals surface area contributed by atoms with E-state index in [0.29, 0.717) is 0 Å². The zero-order valence-electron chi connectivity index (χ0n) is 8.29. The third kappa shape index (κ3) is 1.24. The molecule has 0 saturated heterocycles. The molecule has 72 valence electrons. The highest BCUT2D eigenvalue weighted by Gasteiger charge is 2.16. The van der Waals surface area contributed by atoms with E-state index in [1.165, 1.54) is 42.1 Å². The van der Waals surface area contributed by atoms with Crippen molar-refractivity contribution in [1.82, 2.24) is 4.98 Å². The normalized spacial score (nSPS) is 18.0. The van der Waals surface area contributed by atoms with Crippen LogP contribution in [0.4, 0.5) is 0 Å². The van der Waals surface area contributed by atoms with E-state index in [1.54, 1.807) is 0 Å². The first kappa shape index (κ1) is 8.10. The van der Waals surface area contributed by atoms with Crippen LogP contribution in [0.15, 0.2) is 30.5 Å². The zero-order chi connectivity index (χ0) is 9.38. The van der Waals surface area contributed by atoms with Gasteiger partial charge >= 0.3 is 0 Å². The highest BCUT2D eigenvalue weighted by molar-refractivity contribution is 5.80. The molecule has 0 radical (unpaired) electrons. The van der Waals surface area contributed by atoms with Gasteiger partial charge in [0.05, 0.1) is 0 Å². The number of hydrogen-bond acceptors (Lipinski definition) is 0. The molecule has 2 aromatic rings. The van der Waals surface area contributed by atoms with Gasteiger partial charge in [-0.2, -0.15) is 0 Å². The van der Waals surface area contributed by atoms with Crippen LogP contribution < -0.4 is 0 Å². The van der Waals surface area contributed by atoms with Gasteiger partial charge in [0.2, 0.25) is 0 Å². The predicted octanol–water partition coefficient (Wildman–Crippen LogP) is 3.83. The van der Waals surface area contributed by atoms with Crippen LogP contribution in [-0.4, -0.2) is 4.98 Å². The molecule has 1 N–H and O–H groups in total. The Morgan fingerprint density at radius 3 is 2.79 bits per heavy atom. The maximum atomic E-state index is 3.24. The van der Waals surface area contributed by atoms with Crippen molar-refractivity contribution < 1.29 is 0 Å². The van der Waals surface area contributed by atoms with Gasteiger partial charge < -0.3 is 4.98 Å². The van der Waals surface area contributed by atoms with Crippen molar-refractivity contribution in [3.8, 4) is 0 Å². The third-order valence-electron chi connectivity index (χ3n) is 3.40. The number of rotatable bonds is 1. The van der Waals surface area contributed by atoms with Gasteiger partial charge in [-0.25, -0.2) is 0 Å². The van der Waals surface area contributed by atoms with Crippen molar-refractivity contribution in [3.63, 3.8) is 0 Å². The summed E-state index contributed by atoms with van der Waals surface area (Å²) in [5.74, 6) is 0.828. The van der Waals surface area contributed by atoms with Gasteiger partial charge in [0.25, 0.3) is 0 Å². The minimum Gasteiger partial charge on any atom is -0.361 e. The smallest absolute Gasteiger partial charge is 0.0454 e. The largest absolute Gasteiger partial charge is 0.361 e. The van der Waals surface area contributed by atoms with Gasteiger partial charge in [-0.3, -0.25) is 0 Å². The van der Waals surface area contributed by atoms with Crippen LogP contribution >= 0.6 is 0 Å². The van der Waals surface area contributed by atoms with Crippen molar-refractivity contribution in [3.05, 3.63) is 36.0 Å². The van der Waals surface area contributed by atoms with E-state index >= 15 is 0 Å². The monoisotopic (exact) mass is 185 g/mol. The van der Waals surface area contributed by atoms with E-state index in [-0.39, 0.29) is 0 Å². The highest BCUT2D eigenvalue weighted by atomic mass is 14.7. The molecule has 1 aliphatic carbocycles. The molecule has 0 bridgehead atoms. The summed E-state index contributed by atoms with van der Waals surface area (Å²) < 4.78 is 0. The number of H-pyrrole nitrogens is 1. The minimum absolute atomic E-state index is 0.828. The number of hydrogen-bond donors (Lipinski definition) is 1. The fourth-order valence-electron chi connectivity index (χ4n) is 2.58. The molecule has 1 saturated carbocycles. The molecule has 1 aliphatic rings. The van der Waals surface area contributed by atoms with E-state index in [9.17, 15) is 0 Å². The van der Waals surface area contributed by atoms with Gasteiger partial charge in [-0.1, -0.05) is 18.9 Å². The lowest BCUT2D eigenvalue weighted by Crippen LogP contribution is -1.90. The summed E-state index contributed by atoms with van der Waals surface area (Å²) in [6.45, 7) is 0. The van der Waals surface area contributed by atoms with Gasteiger partial charge in [0, 0.05) is 11.7 Å². The molecule has 0 spiro atoms. The molecular weight excluding hydrogens is 170 g/mol. The summed E-state index contributed by atoms with van der Waals surface area (Å²) in [7, 11) is 0. The lowest BCUT2D eigenvalue weighted by atomic mass is 9.97. The maximum Gasteiger partial charge on any atom is 0.0454 e. The molecule has 1 heterocycles. The topological polar surface area (TPSA) is 15.8 Å². The first-order valence-corrected chi connectivity index (χ1v) is 5.50. The van der Waals surface area contributed by atoms with Crippen LogP contribution in [0.2, 0.25) is 0 Å². The molecule has 1 aromatic carbocycles. The predicted molar refractivity (Wildman–Crippen MR) is 59.5 cm³/mol. The molecule has 3 rings (SSSR count). The summed E-state index contributed by atoms with van der Waals surface area (Å²) in [4.78, 5) is 3.24. The first-order valence-electron chi connectivity index (χ1n) is 5.50. The molecule has 0 unspecified atom stereocenters. The van der Waals surface area contributed by atoms with Crippen LogP contribution in [0.1, 0.15) is 37.2 Å². The third-order valence-corrected chi connectivity index (χ3v) is 3.40. The van der Waals surface area contributed by atoms with Gasteiger partial charge in [-0.05, 0) is 47.9 Å². The quantitative estimate of drug-likeness (QED) is 0.695. The second kappa shape index (κ2) is 3.16. The van der Waals surface area contributed by atoms with E-state index in [4.69, 9.17) is 0 Å². The van der Waals surface area contributed by atoms with Crippen molar-refractivity contribution in [2.75, 3.05) is 0 Å². The van der Waals surface area contributed by atoms with Gasteiger partial charge in [0.15, 0.2) is 0 Å². The average molecular weight is 185 g/mol. The fraction of sp³-hybridized carbons (Fsp3) is 0.385. The Bertz CT molecular complexity index is 435. The Balaban J connectivity index is 2.04. The maximum absolute atomic E-state index is 3.24. The second-order valence-electron chi connectivity index (χ2n) is 4.31. The van der Waals surface area contributed by atoms with Crippen molar-refractivity contribution in [2.24, 2.45) is 0 Å². The summed E-state index contributed by atoms with van der Waals surface area (Å²) in [5.41, 5.74) is 2.79. The second-order valence-corrected chi connectivity index (χ2v) is 4.31. The molecule has 1 aromatic heterocycles. The molecule has 0 atom stereocenters. The minimum atomic E-state index is 0.828. The fourth-order valence-corrected chi connectivity index (χ4v) is 2.58. The number of fused-ring (bicyclic) bond motifs is 1. The number of aromatic nitrogens is 1. The SMILES string of the molecule is c1cc2cc(C3CCCC3)ccc2[nH]1. The molecule has 0 amide bonds. The van der Waals surface area contributed by atoms with Crippen molar-refractivity contribution in [1.29, 1.82) is 0 Å². The standard InChI is InChI=1S/C13H15N/c1-2-4-10(3-1)11-5-6-13-12(9-11)7-8-14-13/h5-10,14H,1-4H2. The van der Waals surface area contributed by atoms with Crippen LogP contribution in [0.5, 0.6) is 0 Å². The summed E-state index contributed by atoms with van der Waals surface area (Å²) >= 11 is 0. The Morgan fingerprint density at radius 1 is 1.07 bits per heavy atom. The lowest BCUT2D eigenvalue weighted by molar-refractivity contribution is 0.724. The van der Waals surface area contributed by atoms with E-state index in [1.807, 2.05) is 6.20 Å². The van der Waals surface area contributed by atoms with Crippen LogP contribution in [0.3, 0.4) is 0 Å². The van der Waals surface area contributed by atoms with Crippen LogP contribution in [0.25, 0.3) is 10.9 Å². The van der Waals surface area contributed by atoms with Gasteiger partial charge in [-0.15, -0.1) is 0 Å². The molecule has 1 fully saturated rings. The molecular formula is C13H15N. The Hall–Kier alpha value is -1.24. The zero-order valence-corrected chi connectivity index (χ0v) is 8.29. The molecule has 1 heteroatoms.